The maximum atomic E-state index is 11.8. The standard InChI is InChI=1S/C22H22ClNO4S2/c23-21-17-7-4-5-8-18(17)30-22(21)29-14-16(25)11-10-15-13-19(26)24(15)12-6-2-1-3-9-20(27)28/h4-5,7-8,10-11,15-16,25H,1,3,9,12-14H2,(H,27,28)/b11-10+/t15-,16?/m0/s1. The highest BCUT2D eigenvalue weighted by Crippen LogP contribution is 2.41. The van der Waals surface area contributed by atoms with Crippen LogP contribution in [0.5, 0.6) is 0 Å². The van der Waals surface area contributed by atoms with Crippen molar-refractivity contribution >= 4 is 56.7 Å². The number of carboxylic acids is 1. The lowest BCUT2D eigenvalue weighted by molar-refractivity contribution is -0.142. The normalized spacial score (nSPS) is 17.1. The third kappa shape index (κ3) is 6.02. The number of hydrogen-bond donors (Lipinski definition) is 2. The number of aliphatic hydroxyl groups is 1. The van der Waals surface area contributed by atoms with Gasteiger partial charge in [0.15, 0.2) is 0 Å². The van der Waals surface area contributed by atoms with Crippen LogP contribution in [0.15, 0.2) is 40.6 Å². The summed E-state index contributed by atoms with van der Waals surface area (Å²) >= 11 is 9.58. The molecule has 1 amide bonds. The molecule has 1 fully saturated rings. The van der Waals surface area contributed by atoms with Gasteiger partial charge in [-0.1, -0.05) is 47.9 Å². The number of nitrogens with zero attached hydrogens (tertiary/aromatic N) is 1. The molecule has 1 aliphatic rings. The predicted molar refractivity (Wildman–Crippen MR) is 122 cm³/mol. The van der Waals surface area contributed by atoms with Crippen LogP contribution in [0.25, 0.3) is 10.1 Å². The summed E-state index contributed by atoms with van der Waals surface area (Å²) in [6.07, 6.45) is 4.46. The van der Waals surface area contributed by atoms with Crippen molar-refractivity contribution in [1.29, 1.82) is 0 Å². The van der Waals surface area contributed by atoms with Gasteiger partial charge in [0.1, 0.15) is 0 Å². The molecule has 0 aliphatic carbocycles. The fraction of sp³-hybridized carbons (Fsp3) is 0.364. The van der Waals surface area contributed by atoms with Gasteiger partial charge in [0.05, 0.1) is 34.3 Å². The zero-order valence-corrected chi connectivity index (χ0v) is 18.6. The van der Waals surface area contributed by atoms with Gasteiger partial charge in [-0.25, -0.2) is 0 Å². The highest BCUT2D eigenvalue weighted by atomic mass is 35.5. The van der Waals surface area contributed by atoms with Crippen LogP contribution in [-0.2, 0) is 9.59 Å². The van der Waals surface area contributed by atoms with E-state index in [0.29, 0.717) is 31.6 Å². The molecule has 0 spiro atoms. The molecule has 5 nitrogen and oxygen atoms in total. The topological polar surface area (TPSA) is 77.8 Å². The van der Waals surface area contributed by atoms with Gasteiger partial charge in [0, 0.05) is 28.7 Å². The first-order valence-corrected chi connectivity index (χ1v) is 11.8. The van der Waals surface area contributed by atoms with E-state index in [1.165, 1.54) is 11.8 Å². The maximum Gasteiger partial charge on any atom is 0.303 e. The van der Waals surface area contributed by atoms with Crippen molar-refractivity contribution in [3.63, 3.8) is 0 Å². The van der Waals surface area contributed by atoms with E-state index in [9.17, 15) is 14.7 Å². The van der Waals surface area contributed by atoms with Crippen LogP contribution in [0, 0.1) is 11.8 Å². The molecule has 0 saturated carbocycles. The number of carboxylic acid groups (broad SMARTS) is 1. The van der Waals surface area contributed by atoms with Crippen LogP contribution in [-0.4, -0.2) is 51.4 Å². The van der Waals surface area contributed by atoms with Crippen LogP contribution < -0.4 is 0 Å². The summed E-state index contributed by atoms with van der Waals surface area (Å²) in [5.41, 5.74) is 0. The molecule has 2 aromatic rings. The van der Waals surface area contributed by atoms with Gasteiger partial charge >= 0.3 is 5.97 Å². The minimum Gasteiger partial charge on any atom is -0.481 e. The number of aliphatic hydroxyl groups excluding tert-OH is 1. The van der Waals surface area contributed by atoms with Crippen LogP contribution in [0.2, 0.25) is 5.02 Å². The molecule has 158 valence electrons. The Morgan fingerprint density at radius 1 is 1.40 bits per heavy atom. The average molecular weight is 464 g/mol. The Morgan fingerprint density at radius 2 is 2.20 bits per heavy atom. The fourth-order valence-corrected chi connectivity index (χ4v) is 5.68. The van der Waals surface area contributed by atoms with Crippen molar-refractivity contribution in [2.24, 2.45) is 0 Å². The quantitative estimate of drug-likeness (QED) is 0.189. The second kappa shape index (κ2) is 10.9. The van der Waals surface area contributed by atoms with E-state index in [-0.39, 0.29) is 18.4 Å². The lowest BCUT2D eigenvalue weighted by atomic mass is 10.0. The number of unbranched alkanes of at least 4 members (excludes halogenated alkanes) is 1. The molecule has 2 N–H and O–H groups in total. The number of rotatable bonds is 9. The molecule has 2 heterocycles. The zero-order valence-electron chi connectivity index (χ0n) is 16.2. The summed E-state index contributed by atoms with van der Waals surface area (Å²) in [6.45, 7) is 0.323. The van der Waals surface area contributed by atoms with Gasteiger partial charge < -0.3 is 15.1 Å². The number of carbonyl (C=O) groups is 2. The number of β-lactam (4-membered cyclic amide) rings is 1. The number of benzene rings is 1. The number of hydrogen-bond acceptors (Lipinski definition) is 5. The van der Waals surface area contributed by atoms with Crippen molar-refractivity contribution in [3.05, 3.63) is 41.4 Å². The minimum atomic E-state index is -0.828. The highest BCUT2D eigenvalue weighted by molar-refractivity contribution is 8.01. The second-order valence-electron chi connectivity index (χ2n) is 6.86. The summed E-state index contributed by atoms with van der Waals surface area (Å²) in [4.78, 5) is 23.9. The summed E-state index contributed by atoms with van der Waals surface area (Å²) in [6, 6.07) is 7.90. The van der Waals surface area contributed by atoms with Crippen molar-refractivity contribution in [1.82, 2.24) is 4.90 Å². The Hall–Kier alpha value is -1.98. The second-order valence-corrected chi connectivity index (χ2v) is 9.58. The van der Waals surface area contributed by atoms with Gasteiger partial charge in [-0.2, -0.15) is 0 Å². The molecule has 1 aromatic heterocycles. The first-order valence-electron chi connectivity index (χ1n) is 9.59. The first kappa shape index (κ1) is 22.7. The van der Waals surface area contributed by atoms with Crippen LogP contribution in [0.4, 0.5) is 0 Å². The number of halogens is 1. The number of carbonyl (C=O) groups excluding carboxylic acids is 1. The van der Waals surface area contributed by atoms with E-state index in [0.717, 1.165) is 19.3 Å². The van der Waals surface area contributed by atoms with Gasteiger partial charge in [-0.3, -0.25) is 9.59 Å². The Kier molecular flexibility index (Phi) is 8.23. The fourth-order valence-electron chi connectivity index (χ4n) is 2.97. The zero-order chi connectivity index (χ0) is 21.5. The van der Waals surface area contributed by atoms with Crippen LogP contribution in [0.3, 0.4) is 0 Å². The lowest BCUT2D eigenvalue weighted by Crippen LogP contribution is -2.51. The number of likely N-dealkylation sites (tertiary alicyclic amines) is 1. The lowest BCUT2D eigenvalue weighted by Gasteiger charge is -2.37. The number of fused-ring (bicyclic) bond motifs is 1. The van der Waals surface area contributed by atoms with E-state index >= 15 is 0 Å². The van der Waals surface area contributed by atoms with Gasteiger partial charge in [0.2, 0.25) is 5.91 Å². The summed E-state index contributed by atoms with van der Waals surface area (Å²) in [5.74, 6) is 5.51. The highest BCUT2D eigenvalue weighted by Gasteiger charge is 2.33. The van der Waals surface area contributed by atoms with Crippen LogP contribution in [0.1, 0.15) is 25.7 Å². The Morgan fingerprint density at radius 3 is 2.93 bits per heavy atom. The number of amides is 1. The van der Waals surface area contributed by atoms with Gasteiger partial charge in [0.25, 0.3) is 0 Å². The molecule has 1 aromatic carbocycles. The summed E-state index contributed by atoms with van der Waals surface area (Å²) < 4.78 is 2.12. The first-order chi connectivity index (χ1) is 14.5. The third-order valence-corrected chi connectivity index (χ3v) is 7.78. The molecule has 30 heavy (non-hydrogen) atoms. The molecular formula is C22H22ClNO4S2. The van der Waals surface area contributed by atoms with Gasteiger partial charge in [-0.05, 0) is 12.5 Å². The number of thiophene rings is 1. The number of aliphatic carboxylic acids is 1. The summed E-state index contributed by atoms with van der Waals surface area (Å²) in [7, 11) is 0. The maximum absolute atomic E-state index is 11.8. The van der Waals surface area contributed by atoms with Crippen LogP contribution >= 0.6 is 34.7 Å². The van der Waals surface area contributed by atoms with Crippen molar-refractivity contribution < 1.29 is 19.8 Å². The smallest absolute Gasteiger partial charge is 0.303 e. The molecule has 1 aliphatic heterocycles. The van der Waals surface area contributed by atoms with Crippen molar-refractivity contribution in [3.8, 4) is 11.8 Å². The molecule has 1 saturated heterocycles. The van der Waals surface area contributed by atoms with E-state index in [1.54, 1.807) is 22.3 Å². The van der Waals surface area contributed by atoms with E-state index in [2.05, 4.69) is 11.8 Å². The van der Waals surface area contributed by atoms with E-state index < -0.39 is 12.1 Å². The van der Waals surface area contributed by atoms with Gasteiger partial charge in [-0.15, -0.1) is 29.0 Å². The molecule has 0 bridgehead atoms. The number of thioether (sulfide) groups is 1. The third-order valence-electron chi connectivity index (χ3n) is 4.62. The summed E-state index contributed by atoms with van der Waals surface area (Å²) in [5, 5.41) is 20.6. The van der Waals surface area contributed by atoms with E-state index in [4.69, 9.17) is 16.7 Å². The largest absolute Gasteiger partial charge is 0.481 e. The molecular weight excluding hydrogens is 442 g/mol. The predicted octanol–water partition coefficient (Wildman–Crippen LogP) is 4.42. The molecule has 8 heteroatoms. The molecule has 0 radical (unpaired) electrons. The van der Waals surface area contributed by atoms with E-state index in [1.807, 2.05) is 30.3 Å². The Labute approximate surface area is 188 Å². The van der Waals surface area contributed by atoms with Crippen molar-refractivity contribution in [2.45, 2.75) is 42.0 Å². The minimum absolute atomic E-state index is 0.0328. The Bertz CT molecular complexity index is 1010. The molecule has 2 atom stereocenters. The van der Waals surface area contributed by atoms with Crippen molar-refractivity contribution in [2.75, 3.05) is 12.3 Å². The molecule has 1 unspecified atom stereocenters. The average Bonchev–Trinajstić information content (AvgIpc) is 3.04. The molecule has 3 rings (SSSR count). The Balaban J connectivity index is 1.45. The monoisotopic (exact) mass is 463 g/mol. The SMILES string of the molecule is O=C(O)CCCC#CCN1C(=O)C[C@@H]1/C=C/C(O)CSc1sc2ccccc2c1Cl.